The third kappa shape index (κ3) is 4.68. The van der Waals surface area contributed by atoms with Crippen molar-refractivity contribution in [2.75, 3.05) is 0 Å². The number of thiophene rings is 2. The topological polar surface area (TPSA) is 0 Å². The van der Waals surface area contributed by atoms with Gasteiger partial charge in [-0.2, -0.15) is 0 Å². The lowest BCUT2D eigenvalue weighted by molar-refractivity contribution is 1.67. The van der Waals surface area contributed by atoms with E-state index in [9.17, 15) is 0 Å². The van der Waals surface area contributed by atoms with E-state index in [0.717, 1.165) is 0 Å². The molecule has 0 nitrogen and oxygen atoms in total. The molecule has 0 aliphatic carbocycles. The molecule has 0 aliphatic heterocycles. The molecule has 2 heteroatoms. The van der Waals surface area contributed by atoms with Gasteiger partial charge in [-0.05, 0) is 118 Å². The maximum atomic E-state index is 2.39. The number of hydrogen-bond donors (Lipinski definition) is 0. The first-order valence-corrected chi connectivity index (χ1v) is 21.5. The molecule has 13 aromatic rings. The van der Waals surface area contributed by atoms with Gasteiger partial charge in [-0.25, -0.2) is 0 Å². The van der Waals surface area contributed by atoms with E-state index in [2.05, 4.69) is 194 Å². The Bertz CT molecular complexity index is 3800. The summed E-state index contributed by atoms with van der Waals surface area (Å²) in [6.45, 7) is 0. The maximum absolute atomic E-state index is 2.39. The largest absolute Gasteiger partial charge is 0.134 e. The molecule has 0 unspecified atom stereocenters. The van der Waals surface area contributed by atoms with Gasteiger partial charge in [-0.3, -0.25) is 0 Å². The smallest absolute Gasteiger partial charge is 0.0448 e. The van der Waals surface area contributed by atoms with Crippen molar-refractivity contribution < 1.29 is 0 Å². The monoisotopic (exact) mass is 768 g/mol. The summed E-state index contributed by atoms with van der Waals surface area (Å²) in [5.74, 6) is 0. The normalized spacial score (nSPS) is 12.1. The number of rotatable bonds is 3. The highest BCUT2D eigenvalue weighted by Crippen LogP contribution is 2.48. The summed E-state index contributed by atoms with van der Waals surface area (Å²) in [5, 5.41) is 18.2. The molecule has 2 aromatic heterocycles. The van der Waals surface area contributed by atoms with E-state index in [1.807, 2.05) is 22.7 Å². The van der Waals surface area contributed by atoms with Crippen molar-refractivity contribution in [3.63, 3.8) is 0 Å². The van der Waals surface area contributed by atoms with Gasteiger partial charge in [0.05, 0.1) is 0 Å². The molecule has 2 heterocycles. The molecular formula is C56H32S2. The summed E-state index contributed by atoms with van der Waals surface area (Å²) in [7, 11) is 0. The Morgan fingerprint density at radius 1 is 0.259 bits per heavy atom. The Hall–Kier alpha value is -6.84. The first-order valence-electron chi connectivity index (χ1n) is 19.9. The van der Waals surface area contributed by atoms with Crippen LogP contribution < -0.4 is 0 Å². The van der Waals surface area contributed by atoms with E-state index in [0.29, 0.717) is 0 Å². The van der Waals surface area contributed by atoms with Crippen LogP contribution >= 0.6 is 22.7 Å². The zero-order valence-electron chi connectivity index (χ0n) is 31.3. The van der Waals surface area contributed by atoms with Gasteiger partial charge in [-0.1, -0.05) is 164 Å². The predicted octanol–water partition coefficient (Wildman–Crippen LogP) is 17.2. The van der Waals surface area contributed by atoms with Crippen molar-refractivity contribution >= 4 is 117 Å². The van der Waals surface area contributed by atoms with Crippen LogP contribution in [-0.2, 0) is 0 Å². The van der Waals surface area contributed by atoms with E-state index in [-0.39, 0.29) is 0 Å². The SMILES string of the molecule is c1ccc2c(-c3c4ccccc4c(-c4ccc5cc(-c6ccc7c(ccc8c7sc7ccc9c%10ccccc%10sc9c78)c6)ccc5c4)c4ccccc34)cccc2c1. The minimum Gasteiger partial charge on any atom is -0.134 e. The molecule has 0 radical (unpaired) electrons. The molecule has 13 rings (SSSR count). The lowest BCUT2D eigenvalue weighted by Gasteiger charge is -2.19. The highest BCUT2D eigenvalue weighted by molar-refractivity contribution is 7.30. The summed E-state index contributed by atoms with van der Waals surface area (Å²) >= 11 is 3.85. The van der Waals surface area contributed by atoms with Gasteiger partial charge < -0.3 is 0 Å². The zero-order valence-corrected chi connectivity index (χ0v) is 32.9. The molecule has 11 aromatic carbocycles. The second-order valence-corrected chi connectivity index (χ2v) is 17.6. The van der Waals surface area contributed by atoms with Gasteiger partial charge >= 0.3 is 0 Å². The molecule has 0 saturated carbocycles. The fourth-order valence-corrected chi connectivity index (χ4v) is 12.3. The van der Waals surface area contributed by atoms with E-state index in [1.54, 1.807) is 0 Å². The Labute approximate surface area is 342 Å². The van der Waals surface area contributed by atoms with Crippen LogP contribution in [0.2, 0.25) is 0 Å². The second-order valence-electron chi connectivity index (χ2n) is 15.5. The van der Waals surface area contributed by atoms with Gasteiger partial charge in [0.15, 0.2) is 0 Å². The molecule has 0 spiro atoms. The van der Waals surface area contributed by atoms with E-state index >= 15 is 0 Å². The molecular weight excluding hydrogens is 737 g/mol. The summed E-state index contributed by atoms with van der Waals surface area (Å²) in [6, 6.07) is 72.5. The van der Waals surface area contributed by atoms with Crippen LogP contribution in [0.3, 0.4) is 0 Å². The molecule has 0 fully saturated rings. The molecule has 0 atom stereocenters. The summed E-state index contributed by atoms with van der Waals surface area (Å²) in [4.78, 5) is 0. The Kier molecular flexibility index (Phi) is 6.86. The summed E-state index contributed by atoms with van der Waals surface area (Å²) < 4.78 is 5.50. The van der Waals surface area contributed by atoms with Crippen molar-refractivity contribution in [3.05, 3.63) is 194 Å². The lowest BCUT2D eigenvalue weighted by atomic mass is 9.84. The van der Waals surface area contributed by atoms with Gasteiger partial charge in [0.25, 0.3) is 0 Å². The van der Waals surface area contributed by atoms with Crippen molar-refractivity contribution in [2.45, 2.75) is 0 Å². The van der Waals surface area contributed by atoms with Crippen LogP contribution in [0.15, 0.2) is 194 Å². The van der Waals surface area contributed by atoms with Crippen LogP contribution in [0, 0.1) is 0 Å². The van der Waals surface area contributed by atoms with Crippen LogP contribution in [0.1, 0.15) is 0 Å². The maximum Gasteiger partial charge on any atom is 0.0448 e. The highest BCUT2D eigenvalue weighted by atomic mass is 32.1. The molecule has 0 aliphatic rings. The molecule has 0 N–H and O–H groups in total. The van der Waals surface area contributed by atoms with E-state index < -0.39 is 0 Å². The van der Waals surface area contributed by atoms with Crippen molar-refractivity contribution in [2.24, 2.45) is 0 Å². The molecule has 268 valence electrons. The summed E-state index contributed by atoms with van der Waals surface area (Å²) in [5.41, 5.74) is 7.58. The van der Waals surface area contributed by atoms with Gasteiger partial charge in [0.1, 0.15) is 0 Å². The van der Waals surface area contributed by atoms with Crippen LogP contribution in [0.4, 0.5) is 0 Å². The standard InChI is InChI=1S/C56H32S2/c1-2-12-40-33(10-1)11-9-18-43(40)53-46-16-5-3-14-44(46)52(45-15-4-6-17-47(45)53)39-23-22-35-30-34(20-21-36(35)32-39)37-24-26-41-38(31-37)25-27-49-54-51(58-55(41)49)29-28-48-42-13-7-8-19-50(42)57-56(48)54/h1-32H. The van der Waals surface area contributed by atoms with Crippen LogP contribution in [0.5, 0.6) is 0 Å². The third-order valence-electron chi connectivity index (χ3n) is 12.4. The third-order valence-corrected chi connectivity index (χ3v) is 14.8. The van der Waals surface area contributed by atoms with Gasteiger partial charge in [-0.15, -0.1) is 22.7 Å². The first kappa shape index (κ1) is 32.3. The Balaban J connectivity index is 0.925. The fourth-order valence-electron chi connectivity index (χ4n) is 9.76. The van der Waals surface area contributed by atoms with Gasteiger partial charge in [0, 0.05) is 40.3 Å². The Morgan fingerprint density at radius 3 is 1.57 bits per heavy atom. The lowest BCUT2D eigenvalue weighted by Crippen LogP contribution is -1.91. The zero-order chi connectivity index (χ0) is 37.9. The predicted molar refractivity (Wildman–Crippen MR) is 256 cm³/mol. The van der Waals surface area contributed by atoms with E-state index in [4.69, 9.17) is 0 Å². The van der Waals surface area contributed by atoms with Crippen LogP contribution in [0.25, 0.3) is 128 Å². The minimum absolute atomic E-state index is 1.24. The quantitative estimate of drug-likeness (QED) is 0.157. The second kappa shape index (κ2) is 12.3. The highest BCUT2D eigenvalue weighted by Gasteiger charge is 2.19. The fraction of sp³-hybridized carbons (Fsp3) is 0. The van der Waals surface area contributed by atoms with E-state index in [1.165, 1.54) is 128 Å². The number of fused-ring (bicyclic) bond motifs is 13. The first-order chi connectivity index (χ1) is 28.7. The van der Waals surface area contributed by atoms with Gasteiger partial charge in [0.2, 0.25) is 0 Å². The minimum atomic E-state index is 1.24. The van der Waals surface area contributed by atoms with Crippen molar-refractivity contribution in [1.82, 2.24) is 0 Å². The molecule has 0 bridgehead atoms. The number of hydrogen-bond acceptors (Lipinski definition) is 2. The average molecular weight is 769 g/mol. The van der Waals surface area contributed by atoms with Crippen molar-refractivity contribution in [1.29, 1.82) is 0 Å². The molecule has 0 amide bonds. The summed E-state index contributed by atoms with van der Waals surface area (Å²) in [6.07, 6.45) is 0. The number of benzene rings is 11. The molecule has 58 heavy (non-hydrogen) atoms. The van der Waals surface area contributed by atoms with Crippen LogP contribution in [-0.4, -0.2) is 0 Å². The van der Waals surface area contributed by atoms with Crippen molar-refractivity contribution in [3.8, 4) is 33.4 Å². The Morgan fingerprint density at radius 2 is 0.793 bits per heavy atom. The average Bonchev–Trinajstić information content (AvgIpc) is 3.86. The molecule has 0 saturated heterocycles.